The number of aliphatic hydroxyl groups excluding tert-OH is 1. The van der Waals surface area contributed by atoms with Gasteiger partial charge in [0.1, 0.15) is 17.4 Å². The highest BCUT2D eigenvalue weighted by Gasteiger charge is 2.49. The fraction of sp³-hybridized carbons (Fsp3) is 0.367. The maximum Gasteiger partial charge on any atom is 0.263 e. The first kappa shape index (κ1) is 30.0. The summed E-state index contributed by atoms with van der Waals surface area (Å²) in [7, 11) is 0. The number of rotatable bonds is 9. The second-order valence-electron chi connectivity index (χ2n) is 10.7. The van der Waals surface area contributed by atoms with Crippen LogP contribution in [0.3, 0.4) is 0 Å². The van der Waals surface area contributed by atoms with E-state index in [2.05, 4.69) is 20.6 Å². The van der Waals surface area contributed by atoms with Gasteiger partial charge < -0.3 is 25.6 Å². The maximum absolute atomic E-state index is 13.8. The van der Waals surface area contributed by atoms with Crippen molar-refractivity contribution >= 4 is 29.5 Å². The highest BCUT2D eigenvalue weighted by molar-refractivity contribution is 8.00. The van der Waals surface area contributed by atoms with E-state index in [0.29, 0.717) is 12.4 Å². The van der Waals surface area contributed by atoms with Crippen LogP contribution >= 0.6 is 11.8 Å². The molecule has 0 bridgehead atoms. The average molecular weight is 578 g/mol. The predicted molar refractivity (Wildman–Crippen MR) is 157 cm³/mol. The highest BCUT2D eigenvalue weighted by Crippen LogP contribution is 2.40. The van der Waals surface area contributed by atoms with Crippen molar-refractivity contribution in [2.45, 2.75) is 63.6 Å². The number of hydrogen-bond donors (Lipinski definition) is 4. The Morgan fingerprint density at radius 3 is 2.49 bits per heavy atom. The molecule has 1 aliphatic rings. The van der Waals surface area contributed by atoms with Gasteiger partial charge in [-0.15, -0.1) is 11.8 Å². The van der Waals surface area contributed by atoms with E-state index < -0.39 is 40.3 Å². The summed E-state index contributed by atoms with van der Waals surface area (Å²) in [6, 6.07) is 14.9. The van der Waals surface area contributed by atoms with Crippen LogP contribution in [-0.4, -0.2) is 66.5 Å². The average Bonchev–Trinajstić information content (AvgIpc) is 3.26. The van der Waals surface area contributed by atoms with Crippen molar-refractivity contribution in [1.29, 1.82) is 0 Å². The molecule has 3 atom stereocenters. The van der Waals surface area contributed by atoms with Crippen LogP contribution in [0.1, 0.15) is 46.7 Å². The molecule has 10 nitrogen and oxygen atoms in total. The smallest absolute Gasteiger partial charge is 0.263 e. The summed E-state index contributed by atoms with van der Waals surface area (Å²) in [6.45, 7) is 7.63. The summed E-state index contributed by atoms with van der Waals surface area (Å²) >= 11 is 1.44. The molecule has 0 saturated carbocycles. The molecule has 1 aliphatic heterocycles. The Kier molecular flexibility index (Phi) is 9.29. The first-order valence-electron chi connectivity index (χ1n) is 13.3. The molecule has 0 spiro atoms. The zero-order valence-electron chi connectivity index (χ0n) is 23.5. The van der Waals surface area contributed by atoms with E-state index in [9.17, 15) is 24.3 Å². The number of aromatic nitrogens is 2. The lowest BCUT2D eigenvalue weighted by Crippen LogP contribution is -2.58. The van der Waals surface area contributed by atoms with Crippen molar-refractivity contribution in [1.82, 2.24) is 25.5 Å². The molecule has 4 rings (SSSR count). The normalized spacial score (nSPS) is 17.5. The van der Waals surface area contributed by atoms with Crippen molar-refractivity contribution < 1.29 is 19.5 Å². The molecule has 0 aliphatic carbocycles. The molecule has 41 heavy (non-hydrogen) atoms. The quantitative estimate of drug-likeness (QED) is 0.305. The molecule has 1 fully saturated rings. The topological polar surface area (TPSA) is 144 Å². The number of aliphatic hydroxyl groups is 1. The molecule has 0 radical (unpaired) electrons. The second kappa shape index (κ2) is 12.7. The molecule has 216 valence electrons. The standard InChI is InChI=1S/C30H35N5O5S/c1-18-10-8-9-13-21(18)15-32-28(39)25-30(3,4)41-17-35(25)29(40)24(36)23(14-20-11-6-5-7-12-20)34-27(38)22-16-31-19(2)33-26(22)37/h5-13,16,23-25,36H,14-15,17H2,1-4H3,(H,32,39)(H,34,38)(H,31,33,37)/t23-,24-,25?/m0/s1. The lowest BCUT2D eigenvalue weighted by atomic mass is 9.97. The van der Waals surface area contributed by atoms with Crippen LogP contribution in [0.2, 0.25) is 0 Å². The number of carbonyl (C=O) groups excluding carboxylic acids is 3. The first-order valence-corrected chi connectivity index (χ1v) is 14.3. The molecule has 11 heteroatoms. The largest absolute Gasteiger partial charge is 0.381 e. The van der Waals surface area contributed by atoms with E-state index >= 15 is 0 Å². The fourth-order valence-corrected chi connectivity index (χ4v) is 5.98. The van der Waals surface area contributed by atoms with Crippen molar-refractivity contribution in [3.05, 3.63) is 99.2 Å². The van der Waals surface area contributed by atoms with Gasteiger partial charge in [-0.3, -0.25) is 19.2 Å². The summed E-state index contributed by atoms with van der Waals surface area (Å²) in [6.07, 6.45) is -0.408. The van der Waals surface area contributed by atoms with E-state index in [4.69, 9.17) is 0 Å². The summed E-state index contributed by atoms with van der Waals surface area (Å²) < 4.78 is -0.621. The minimum atomic E-state index is -1.68. The fourth-order valence-electron chi connectivity index (χ4n) is 4.84. The molecule has 1 aromatic heterocycles. The van der Waals surface area contributed by atoms with Crippen LogP contribution in [0, 0.1) is 13.8 Å². The number of benzene rings is 2. The van der Waals surface area contributed by atoms with Crippen LogP contribution in [0.4, 0.5) is 0 Å². The minimum absolute atomic E-state index is 0.116. The van der Waals surface area contributed by atoms with E-state index in [1.165, 1.54) is 16.7 Å². The predicted octanol–water partition coefficient (Wildman–Crippen LogP) is 2.09. The number of H-pyrrole nitrogens is 1. The number of thioether (sulfide) groups is 1. The molecule has 3 aromatic rings. The molecular formula is C30H35N5O5S. The Morgan fingerprint density at radius 1 is 1.12 bits per heavy atom. The molecule has 1 unspecified atom stereocenters. The van der Waals surface area contributed by atoms with Gasteiger partial charge in [-0.25, -0.2) is 4.98 Å². The van der Waals surface area contributed by atoms with E-state index in [1.54, 1.807) is 6.92 Å². The second-order valence-corrected chi connectivity index (χ2v) is 12.3. The Hall–Kier alpha value is -3.96. The van der Waals surface area contributed by atoms with Gasteiger partial charge in [0, 0.05) is 17.5 Å². The number of amides is 3. The molecule has 1 saturated heterocycles. The summed E-state index contributed by atoms with van der Waals surface area (Å²) in [4.78, 5) is 60.5. The third kappa shape index (κ3) is 7.04. The van der Waals surface area contributed by atoms with Gasteiger partial charge in [0.15, 0.2) is 6.10 Å². The van der Waals surface area contributed by atoms with Crippen molar-refractivity contribution in [2.75, 3.05) is 5.88 Å². The zero-order valence-corrected chi connectivity index (χ0v) is 24.3. The van der Waals surface area contributed by atoms with Gasteiger partial charge in [-0.2, -0.15) is 0 Å². The molecule has 2 aromatic carbocycles. The maximum atomic E-state index is 13.8. The monoisotopic (exact) mass is 577 g/mol. The van der Waals surface area contributed by atoms with E-state index in [0.717, 1.165) is 22.9 Å². The Balaban J connectivity index is 1.56. The third-order valence-electron chi connectivity index (χ3n) is 7.21. The Labute approximate surface area is 243 Å². The molecular weight excluding hydrogens is 542 g/mol. The van der Waals surface area contributed by atoms with Crippen LogP contribution in [0.25, 0.3) is 0 Å². The van der Waals surface area contributed by atoms with E-state index in [1.807, 2.05) is 75.4 Å². The Bertz CT molecular complexity index is 1480. The summed E-state index contributed by atoms with van der Waals surface area (Å²) in [5.74, 6) is -1.24. The zero-order chi connectivity index (χ0) is 29.7. The van der Waals surface area contributed by atoms with Crippen LogP contribution in [-0.2, 0) is 22.6 Å². The Morgan fingerprint density at radius 2 is 1.80 bits per heavy atom. The lowest BCUT2D eigenvalue weighted by Gasteiger charge is -2.33. The minimum Gasteiger partial charge on any atom is -0.381 e. The first-order chi connectivity index (χ1) is 19.5. The molecule has 4 N–H and O–H groups in total. The van der Waals surface area contributed by atoms with Gasteiger partial charge in [-0.1, -0.05) is 54.6 Å². The van der Waals surface area contributed by atoms with Crippen LogP contribution in [0.15, 0.2) is 65.6 Å². The number of nitrogens with zero attached hydrogens (tertiary/aromatic N) is 2. The number of aromatic amines is 1. The van der Waals surface area contributed by atoms with Crippen molar-refractivity contribution in [2.24, 2.45) is 0 Å². The van der Waals surface area contributed by atoms with Gasteiger partial charge in [0.05, 0.1) is 11.9 Å². The third-order valence-corrected chi connectivity index (χ3v) is 8.59. The van der Waals surface area contributed by atoms with Gasteiger partial charge >= 0.3 is 0 Å². The lowest BCUT2D eigenvalue weighted by molar-refractivity contribution is -0.147. The summed E-state index contributed by atoms with van der Waals surface area (Å²) in [5, 5.41) is 17.0. The SMILES string of the molecule is Cc1ncc(C(=O)N[C@@H](Cc2ccccc2)[C@H](O)C(=O)N2CSC(C)(C)C2C(=O)NCc2ccccc2C)c(=O)[nH]1. The number of carbonyl (C=O) groups is 3. The molecule has 2 heterocycles. The highest BCUT2D eigenvalue weighted by atomic mass is 32.2. The van der Waals surface area contributed by atoms with Gasteiger partial charge in [-0.05, 0) is 50.8 Å². The summed E-state index contributed by atoms with van der Waals surface area (Å²) in [5.41, 5.74) is 1.91. The number of nitrogens with one attached hydrogen (secondary N) is 3. The number of aryl methyl sites for hydroxylation is 2. The van der Waals surface area contributed by atoms with E-state index in [-0.39, 0.29) is 23.8 Å². The molecule has 3 amide bonds. The van der Waals surface area contributed by atoms with Crippen LogP contribution < -0.4 is 16.2 Å². The van der Waals surface area contributed by atoms with Crippen molar-refractivity contribution in [3.63, 3.8) is 0 Å². The number of hydrogen-bond acceptors (Lipinski definition) is 7. The van der Waals surface area contributed by atoms with Gasteiger partial charge in [0.2, 0.25) is 5.91 Å². The van der Waals surface area contributed by atoms with Crippen molar-refractivity contribution in [3.8, 4) is 0 Å². The van der Waals surface area contributed by atoms with Crippen LogP contribution in [0.5, 0.6) is 0 Å². The van der Waals surface area contributed by atoms with Gasteiger partial charge in [0.25, 0.3) is 17.4 Å².